The number of halogens is 2. The van der Waals surface area contributed by atoms with Crippen molar-refractivity contribution in [2.75, 3.05) is 0 Å². The van der Waals surface area contributed by atoms with E-state index in [1.807, 2.05) is 12.1 Å². The Morgan fingerprint density at radius 2 is 1.52 bits per heavy atom. The van der Waals surface area contributed by atoms with Crippen LogP contribution in [0.15, 0.2) is 36.4 Å². The van der Waals surface area contributed by atoms with Gasteiger partial charge in [-0.3, -0.25) is 0 Å². The zero-order valence-corrected chi connectivity index (χ0v) is 15.9. The lowest BCUT2D eigenvalue weighted by Gasteiger charge is -2.18. The van der Waals surface area contributed by atoms with Gasteiger partial charge in [-0.15, -0.1) is 0 Å². The fraction of sp³-hybridized carbons (Fsp3) is 0.478. The molecule has 0 radical (unpaired) electrons. The summed E-state index contributed by atoms with van der Waals surface area (Å²) in [5, 5.41) is 0. The Morgan fingerprint density at radius 3 is 2.12 bits per heavy atom. The molecular weight excluding hydrogens is 314 g/mol. The lowest BCUT2D eigenvalue weighted by atomic mass is 9.88. The van der Waals surface area contributed by atoms with Gasteiger partial charge >= 0.3 is 0 Å². The number of rotatable bonds is 8. The van der Waals surface area contributed by atoms with Gasteiger partial charge in [0.2, 0.25) is 0 Å². The van der Waals surface area contributed by atoms with E-state index in [-0.39, 0.29) is 0 Å². The minimum Gasteiger partial charge on any atom is -0.203 e. The average molecular weight is 344 g/mol. The van der Waals surface area contributed by atoms with Gasteiger partial charge in [-0.2, -0.15) is 0 Å². The molecule has 2 heteroatoms. The van der Waals surface area contributed by atoms with E-state index in [1.165, 1.54) is 37.7 Å². The van der Waals surface area contributed by atoms with Crippen LogP contribution in [0.5, 0.6) is 0 Å². The van der Waals surface area contributed by atoms with E-state index in [1.54, 1.807) is 19.1 Å². The molecule has 0 bridgehead atoms. The van der Waals surface area contributed by atoms with E-state index >= 15 is 0 Å². The second kappa shape index (κ2) is 9.12. The fourth-order valence-corrected chi connectivity index (χ4v) is 3.47. The Balaban J connectivity index is 2.08. The first kappa shape index (κ1) is 19.6. The number of aryl methyl sites for hydroxylation is 1. The van der Waals surface area contributed by atoms with Gasteiger partial charge in [0.25, 0.3) is 0 Å². The Kier molecular flexibility index (Phi) is 7.16. The van der Waals surface area contributed by atoms with E-state index in [9.17, 15) is 8.78 Å². The van der Waals surface area contributed by atoms with Gasteiger partial charge in [-0.05, 0) is 48.3 Å². The third-order valence-electron chi connectivity index (χ3n) is 5.35. The summed E-state index contributed by atoms with van der Waals surface area (Å²) in [5.41, 5.74) is 2.66. The van der Waals surface area contributed by atoms with Crippen molar-refractivity contribution < 1.29 is 8.78 Å². The first-order valence-electron chi connectivity index (χ1n) is 9.52. The van der Waals surface area contributed by atoms with Crippen LogP contribution in [-0.2, 0) is 0 Å². The van der Waals surface area contributed by atoms with Crippen molar-refractivity contribution in [1.82, 2.24) is 0 Å². The highest BCUT2D eigenvalue weighted by Crippen LogP contribution is 2.30. The molecule has 0 fully saturated rings. The monoisotopic (exact) mass is 344 g/mol. The molecule has 0 spiro atoms. The van der Waals surface area contributed by atoms with Crippen molar-refractivity contribution in [2.45, 2.75) is 65.7 Å². The molecule has 25 heavy (non-hydrogen) atoms. The fourth-order valence-electron chi connectivity index (χ4n) is 3.47. The lowest BCUT2D eigenvalue weighted by Crippen LogP contribution is -2.02. The topological polar surface area (TPSA) is 0 Å². The second-order valence-electron chi connectivity index (χ2n) is 7.22. The molecule has 0 saturated heterocycles. The van der Waals surface area contributed by atoms with Gasteiger partial charge in [0.1, 0.15) is 0 Å². The zero-order chi connectivity index (χ0) is 18.4. The van der Waals surface area contributed by atoms with Crippen LogP contribution in [0, 0.1) is 24.5 Å². The largest absolute Gasteiger partial charge is 0.203 e. The van der Waals surface area contributed by atoms with Crippen molar-refractivity contribution in [3.8, 4) is 11.1 Å². The van der Waals surface area contributed by atoms with Crippen molar-refractivity contribution in [3.05, 3.63) is 59.2 Å². The van der Waals surface area contributed by atoms with Crippen molar-refractivity contribution in [2.24, 2.45) is 5.92 Å². The standard InChI is InChI=1S/C23H30F2/c1-5-7-18(6-2)10-8-16(3)19-11-13-20(14-12-19)21-15-9-17(4)22(24)23(21)25/h9,11-16,18H,5-8,10H2,1-4H3. The van der Waals surface area contributed by atoms with Crippen LogP contribution >= 0.6 is 0 Å². The summed E-state index contributed by atoms with van der Waals surface area (Å²) in [7, 11) is 0. The molecule has 2 rings (SSSR count). The third kappa shape index (κ3) is 4.90. The van der Waals surface area contributed by atoms with E-state index in [0.29, 0.717) is 17.0 Å². The number of hydrogen-bond acceptors (Lipinski definition) is 0. The Hall–Kier alpha value is -1.70. The number of hydrogen-bond donors (Lipinski definition) is 0. The van der Waals surface area contributed by atoms with E-state index in [2.05, 4.69) is 32.9 Å². The summed E-state index contributed by atoms with van der Waals surface area (Å²) in [6, 6.07) is 11.2. The maximum absolute atomic E-state index is 14.2. The minimum atomic E-state index is -0.758. The van der Waals surface area contributed by atoms with Gasteiger partial charge in [-0.25, -0.2) is 8.78 Å². The molecule has 0 aliphatic heterocycles. The molecule has 0 aromatic heterocycles. The molecule has 0 saturated carbocycles. The average Bonchev–Trinajstić information content (AvgIpc) is 2.63. The van der Waals surface area contributed by atoms with Crippen LogP contribution in [-0.4, -0.2) is 0 Å². The Morgan fingerprint density at radius 1 is 0.840 bits per heavy atom. The summed E-state index contributed by atoms with van der Waals surface area (Å²) in [6.45, 7) is 8.35. The molecule has 0 amide bonds. The summed E-state index contributed by atoms with van der Waals surface area (Å²) >= 11 is 0. The van der Waals surface area contributed by atoms with E-state index in [4.69, 9.17) is 0 Å². The van der Waals surface area contributed by atoms with Crippen LogP contribution in [0.3, 0.4) is 0 Å². The van der Waals surface area contributed by atoms with Crippen LogP contribution < -0.4 is 0 Å². The maximum Gasteiger partial charge on any atom is 0.166 e. The van der Waals surface area contributed by atoms with Gasteiger partial charge < -0.3 is 0 Å². The molecule has 0 N–H and O–H groups in total. The first-order valence-corrected chi connectivity index (χ1v) is 9.52. The molecule has 136 valence electrons. The molecule has 2 unspecified atom stereocenters. The van der Waals surface area contributed by atoms with Gasteiger partial charge in [0, 0.05) is 5.56 Å². The highest BCUT2D eigenvalue weighted by Gasteiger charge is 2.14. The van der Waals surface area contributed by atoms with Crippen molar-refractivity contribution >= 4 is 0 Å². The highest BCUT2D eigenvalue weighted by atomic mass is 19.2. The molecule has 0 heterocycles. The lowest BCUT2D eigenvalue weighted by molar-refractivity contribution is 0.405. The summed E-state index contributed by atoms with van der Waals surface area (Å²) in [5.74, 6) is -0.210. The summed E-state index contributed by atoms with van der Waals surface area (Å²) in [4.78, 5) is 0. The maximum atomic E-state index is 14.2. The van der Waals surface area contributed by atoms with Gasteiger partial charge in [0.05, 0.1) is 0 Å². The number of benzene rings is 2. The van der Waals surface area contributed by atoms with Crippen LogP contribution in [0.25, 0.3) is 11.1 Å². The molecule has 0 nitrogen and oxygen atoms in total. The third-order valence-corrected chi connectivity index (χ3v) is 5.35. The zero-order valence-electron chi connectivity index (χ0n) is 15.9. The van der Waals surface area contributed by atoms with E-state index < -0.39 is 11.6 Å². The van der Waals surface area contributed by atoms with Crippen molar-refractivity contribution in [3.63, 3.8) is 0 Å². The predicted octanol–water partition coefficient (Wildman–Crippen LogP) is 7.65. The predicted molar refractivity (Wildman–Crippen MR) is 103 cm³/mol. The molecule has 0 aliphatic rings. The van der Waals surface area contributed by atoms with Crippen LogP contribution in [0.2, 0.25) is 0 Å². The molecule has 2 atom stereocenters. The van der Waals surface area contributed by atoms with Crippen LogP contribution in [0.4, 0.5) is 8.78 Å². The van der Waals surface area contributed by atoms with Crippen LogP contribution in [0.1, 0.15) is 69.9 Å². The molecule has 2 aromatic carbocycles. The quantitative estimate of drug-likeness (QED) is 0.461. The molecule has 2 aromatic rings. The summed E-state index contributed by atoms with van der Waals surface area (Å²) in [6.07, 6.45) is 6.23. The smallest absolute Gasteiger partial charge is 0.166 e. The van der Waals surface area contributed by atoms with Crippen molar-refractivity contribution in [1.29, 1.82) is 0 Å². The van der Waals surface area contributed by atoms with E-state index in [0.717, 1.165) is 11.5 Å². The highest BCUT2D eigenvalue weighted by molar-refractivity contribution is 5.65. The van der Waals surface area contributed by atoms with Gasteiger partial charge in [0.15, 0.2) is 11.6 Å². The minimum absolute atomic E-state index is 0.330. The Labute approximate surface area is 151 Å². The van der Waals surface area contributed by atoms with Gasteiger partial charge in [-0.1, -0.05) is 76.4 Å². The molecular formula is C23H30F2. The first-order chi connectivity index (χ1) is 12.0. The normalized spacial score (nSPS) is 13.7. The second-order valence-corrected chi connectivity index (χ2v) is 7.22. The SMILES string of the molecule is CCCC(CC)CCC(C)c1ccc(-c2ccc(C)c(F)c2F)cc1. The molecule has 0 aliphatic carbocycles. The Bertz CT molecular complexity index is 673. The summed E-state index contributed by atoms with van der Waals surface area (Å²) < 4.78 is 27.9.